The third-order valence-corrected chi connectivity index (χ3v) is 7.71. The quantitative estimate of drug-likeness (QED) is 0.345. The van der Waals surface area contributed by atoms with Crippen molar-refractivity contribution in [1.82, 2.24) is 9.03 Å². The Labute approximate surface area is 216 Å². The predicted octanol–water partition coefficient (Wildman–Crippen LogP) is 2.65. The molecule has 0 spiro atoms. The molecule has 37 heavy (non-hydrogen) atoms. The van der Waals surface area contributed by atoms with Crippen molar-refractivity contribution in [2.45, 2.75) is 13.0 Å². The number of ether oxygens (including phenoxy) is 2. The molecule has 0 unspecified atom stereocenters. The van der Waals surface area contributed by atoms with Crippen molar-refractivity contribution in [3.05, 3.63) is 71.8 Å². The van der Waals surface area contributed by atoms with Crippen molar-refractivity contribution in [2.24, 2.45) is 0 Å². The number of benzene rings is 3. The Balaban J connectivity index is 1.36. The number of rotatable bonds is 8. The lowest BCUT2D eigenvalue weighted by Gasteiger charge is -2.35. The highest BCUT2D eigenvalue weighted by atomic mass is 32.2. The lowest BCUT2D eigenvalue weighted by molar-refractivity contribution is -0.138. The third-order valence-electron chi connectivity index (χ3n) is 6.01. The number of anilines is 1. The SMILES string of the molecule is COCOc1ccc2cc(C#Cc3ccc(N4CCN(S(=O)(=O)N[C@@H](C)C(=O)O)CC4)cc3)ccc2c1. The Morgan fingerprint density at radius 2 is 1.59 bits per heavy atom. The van der Waals surface area contributed by atoms with E-state index in [1.165, 1.54) is 11.2 Å². The molecule has 1 saturated heterocycles. The number of fused-ring (bicyclic) bond motifs is 1. The van der Waals surface area contributed by atoms with Gasteiger partial charge in [-0.15, -0.1) is 0 Å². The van der Waals surface area contributed by atoms with Crippen LogP contribution in [0.1, 0.15) is 18.1 Å². The summed E-state index contributed by atoms with van der Waals surface area (Å²) in [6.07, 6.45) is 0. The van der Waals surface area contributed by atoms with Gasteiger partial charge in [-0.3, -0.25) is 4.79 Å². The minimum Gasteiger partial charge on any atom is -0.480 e. The molecule has 1 heterocycles. The molecule has 9 nitrogen and oxygen atoms in total. The zero-order valence-electron chi connectivity index (χ0n) is 20.7. The maximum atomic E-state index is 12.4. The molecule has 1 fully saturated rings. The van der Waals surface area contributed by atoms with E-state index >= 15 is 0 Å². The Bertz CT molecular complexity index is 1420. The van der Waals surface area contributed by atoms with Crippen molar-refractivity contribution in [2.75, 3.05) is 45.0 Å². The maximum absolute atomic E-state index is 12.4. The highest BCUT2D eigenvalue weighted by Gasteiger charge is 2.29. The van der Waals surface area contributed by atoms with Crippen molar-refractivity contribution in [3.63, 3.8) is 0 Å². The van der Waals surface area contributed by atoms with Gasteiger partial charge in [0.15, 0.2) is 6.79 Å². The number of nitrogens with one attached hydrogen (secondary N) is 1. The van der Waals surface area contributed by atoms with E-state index in [4.69, 9.17) is 14.6 Å². The highest BCUT2D eigenvalue weighted by Crippen LogP contribution is 2.22. The van der Waals surface area contributed by atoms with E-state index in [1.54, 1.807) is 7.11 Å². The molecule has 1 atom stereocenters. The summed E-state index contributed by atoms with van der Waals surface area (Å²) in [5.41, 5.74) is 2.76. The van der Waals surface area contributed by atoms with Gasteiger partial charge in [-0.1, -0.05) is 24.0 Å². The van der Waals surface area contributed by atoms with Crippen LogP contribution in [0.15, 0.2) is 60.7 Å². The number of methoxy groups -OCH3 is 1. The molecular formula is C27H29N3O6S. The average molecular weight is 524 g/mol. The minimum absolute atomic E-state index is 0.206. The van der Waals surface area contributed by atoms with E-state index in [2.05, 4.69) is 21.5 Å². The topological polar surface area (TPSA) is 108 Å². The number of piperazine rings is 1. The lowest BCUT2D eigenvalue weighted by Crippen LogP contribution is -2.54. The Morgan fingerprint density at radius 1 is 0.973 bits per heavy atom. The largest absolute Gasteiger partial charge is 0.480 e. The molecule has 194 valence electrons. The monoisotopic (exact) mass is 523 g/mol. The first-order valence-corrected chi connectivity index (χ1v) is 13.2. The number of carboxylic acid groups (broad SMARTS) is 1. The summed E-state index contributed by atoms with van der Waals surface area (Å²) in [6, 6.07) is 18.5. The molecule has 0 aromatic heterocycles. The van der Waals surface area contributed by atoms with Crippen LogP contribution in [0.2, 0.25) is 0 Å². The second kappa shape index (κ2) is 11.6. The first-order chi connectivity index (χ1) is 17.7. The fraction of sp³-hybridized carbons (Fsp3) is 0.296. The van der Waals surface area contributed by atoms with Gasteiger partial charge in [-0.2, -0.15) is 17.4 Å². The van der Waals surface area contributed by atoms with Crippen LogP contribution in [0.4, 0.5) is 5.69 Å². The van der Waals surface area contributed by atoms with E-state index in [1.807, 2.05) is 60.7 Å². The molecule has 1 aliphatic rings. The van der Waals surface area contributed by atoms with Crippen molar-refractivity contribution in [1.29, 1.82) is 0 Å². The summed E-state index contributed by atoms with van der Waals surface area (Å²) < 4.78 is 38.7. The second-order valence-corrected chi connectivity index (χ2v) is 10.3. The molecule has 1 aliphatic heterocycles. The van der Waals surface area contributed by atoms with Gasteiger partial charge >= 0.3 is 5.97 Å². The van der Waals surface area contributed by atoms with Crippen molar-refractivity contribution >= 4 is 32.6 Å². The summed E-state index contributed by atoms with van der Waals surface area (Å²) in [6.45, 7) is 3.05. The summed E-state index contributed by atoms with van der Waals surface area (Å²) in [5.74, 6) is 5.94. The standard InChI is InChI=1S/C27H29N3O6S/c1-20(27(31)32)28-37(33,34)30-15-13-29(14-16-30)25-10-6-21(7-11-25)3-4-22-5-8-24-18-26(36-19-35-2)12-9-23(24)17-22/h5-12,17-18,20,28H,13-16,19H2,1-2H3,(H,31,32)/t20-/m0/s1. The van der Waals surface area contributed by atoms with Crippen LogP contribution >= 0.6 is 0 Å². The molecule has 0 amide bonds. The van der Waals surface area contributed by atoms with Gasteiger partial charge in [0, 0.05) is 50.1 Å². The first kappa shape index (κ1) is 26.4. The molecule has 4 rings (SSSR count). The summed E-state index contributed by atoms with van der Waals surface area (Å²) in [5, 5.41) is 11.1. The smallest absolute Gasteiger partial charge is 0.321 e. The summed E-state index contributed by atoms with van der Waals surface area (Å²) in [7, 11) is -2.26. The van der Waals surface area contributed by atoms with Crippen LogP contribution in [0.25, 0.3) is 10.8 Å². The summed E-state index contributed by atoms with van der Waals surface area (Å²) in [4.78, 5) is 13.1. The van der Waals surface area contributed by atoms with Gasteiger partial charge in [0.2, 0.25) is 0 Å². The molecule has 3 aromatic rings. The van der Waals surface area contributed by atoms with Crippen LogP contribution in [0.5, 0.6) is 5.75 Å². The van der Waals surface area contributed by atoms with Crippen LogP contribution in [0.3, 0.4) is 0 Å². The van der Waals surface area contributed by atoms with Crippen LogP contribution in [0, 0.1) is 11.8 Å². The molecular weight excluding hydrogens is 494 g/mol. The average Bonchev–Trinajstić information content (AvgIpc) is 2.90. The Kier molecular flexibility index (Phi) is 8.31. The number of carbonyl (C=O) groups is 1. The minimum atomic E-state index is -3.85. The van der Waals surface area contributed by atoms with Gasteiger partial charge < -0.3 is 19.5 Å². The first-order valence-electron chi connectivity index (χ1n) is 11.8. The fourth-order valence-electron chi connectivity index (χ4n) is 3.95. The summed E-state index contributed by atoms with van der Waals surface area (Å²) >= 11 is 0. The molecule has 0 bridgehead atoms. The normalized spacial score (nSPS) is 15.1. The van der Waals surface area contributed by atoms with E-state index in [-0.39, 0.29) is 19.9 Å². The van der Waals surface area contributed by atoms with Gasteiger partial charge in [-0.05, 0) is 66.2 Å². The zero-order chi connectivity index (χ0) is 26.4. The number of hydrogen-bond acceptors (Lipinski definition) is 6. The fourth-order valence-corrected chi connectivity index (χ4v) is 5.29. The Morgan fingerprint density at radius 3 is 2.27 bits per heavy atom. The van der Waals surface area contributed by atoms with Crippen molar-refractivity contribution < 1.29 is 27.8 Å². The molecule has 2 N–H and O–H groups in total. The maximum Gasteiger partial charge on any atom is 0.321 e. The Hall–Kier alpha value is -3.62. The van der Waals surface area contributed by atoms with Crippen LogP contribution < -0.4 is 14.4 Å². The molecule has 3 aromatic carbocycles. The van der Waals surface area contributed by atoms with E-state index in [0.29, 0.717) is 13.1 Å². The number of nitrogens with zero attached hydrogens (tertiary/aromatic N) is 2. The van der Waals surface area contributed by atoms with Gasteiger partial charge in [0.25, 0.3) is 10.2 Å². The number of hydrogen-bond donors (Lipinski definition) is 2. The molecule has 0 saturated carbocycles. The van der Waals surface area contributed by atoms with E-state index in [0.717, 1.165) is 33.3 Å². The van der Waals surface area contributed by atoms with Gasteiger partial charge in [0.1, 0.15) is 11.8 Å². The molecule has 0 radical (unpaired) electrons. The second-order valence-electron chi connectivity index (χ2n) is 8.64. The third kappa shape index (κ3) is 6.78. The van der Waals surface area contributed by atoms with Gasteiger partial charge in [0.05, 0.1) is 0 Å². The lowest BCUT2D eigenvalue weighted by atomic mass is 10.1. The molecule has 0 aliphatic carbocycles. The van der Waals surface area contributed by atoms with E-state index < -0.39 is 22.2 Å². The van der Waals surface area contributed by atoms with Crippen LogP contribution in [-0.2, 0) is 19.7 Å². The highest BCUT2D eigenvalue weighted by molar-refractivity contribution is 7.87. The van der Waals surface area contributed by atoms with E-state index in [9.17, 15) is 13.2 Å². The molecule has 10 heteroatoms. The number of carboxylic acids is 1. The van der Waals surface area contributed by atoms with Crippen LogP contribution in [-0.4, -0.2) is 69.9 Å². The zero-order valence-corrected chi connectivity index (χ0v) is 21.5. The van der Waals surface area contributed by atoms with Gasteiger partial charge in [-0.25, -0.2) is 0 Å². The predicted molar refractivity (Wildman–Crippen MR) is 142 cm³/mol. The number of aliphatic carboxylic acids is 1. The van der Waals surface area contributed by atoms with Crippen molar-refractivity contribution in [3.8, 4) is 17.6 Å².